The largest absolute Gasteiger partial charge is 0.383 e. The van der Waals surface area contributed by atoms with Crippen LogP contribution in [0.2, 0.25) is 0 Å². The SMILES string of the molecule is COCC(N)C(=O)NC(c1ccccc1)c1nc2ccccc2n1C.Cl.Cl. The van der Waals surface area contributed by atoms with Crippen LogP contribution in [0.15, 0.2) is 54.6 Å². The number of imidazole rings is 1. The lowest BCUT2D eigenvalue weighted by atomic mass is 10.1. The summed E-state index contributed by atoms with van der Waals surface area (Å²) in [6.45, 7) is 0.163. The maximum absolute atomic E-state index is 12.5. The normalized spacial score (nSPS) is 12.6. The van der Waals surface area contributed by atoms with Crippen molar-refractivity contribution in [3.05, 3.63) is 66.0 Å². The second kappa shape index (κ2) is 10.3. The van der Waals surface area contributed by atoms with Crippen molar-refractivity contribution in [3.8, 4) is 0 Å². The molecule has 1 aromatic heterocycles. The molecular weight excluding hydrogens is 387 g/mol. The number of amides is 1. The highest BCUT2D eigenvalue weighted by Gasteiger charge is 2.24. The molecule has 0 fully saturated rings. The number of hydrogen-bond donors (Lipinski definition) is 2. The monoisotopic (exact) mass is 410 g/mol. The number of halogens is 2. The lowest BCUT2D eigenvalue weighted by Gasteiger charge is -2.21. The average Bonchev–Trinajstić information content (AvgIpc) is 2.97. The molecule has 0 spiro atoms. The summed E-state index contributed by atoms with van der Waals surface area (Å²) >= 11 is 0. The van der Waals surface area contributed by atoms with E-state index in [0.717, 1.165) is 22.4 Å². The Balaban J connectivity index is 0.00000182. The summed E-state index contributed by atoms with van der Waals surface area (Å²) in [6.07, 6.45) is 0. The molecule has 0 aliphatic rings. The smallest absolute Gasteiger partial charge is 0.240 e. The van der Waals surface area contributed by atoms with Crippen molar-refractivity contribution in [2.75, 3.05) is 13.7 Å². The van der Waals surface area contributed by atoms with Gasteiger partial charge in [0.25, 0.3) is 0 Å². The number of para-hydroxylation sites is 2. The Labute approximate surface area is 170 Å². The Morgan fingerprint density at radius 3 is 2.41 bits per heavy atom. The van der Waals surface area contributed by atoms with Crippen LogP contribution >= 0.6 is 24.8 Å². The molecule has 3 N–H and O–H groups in total. The minimum absolute atomic E-state index is 0. The Morgan fingerprint density at radius 2 is 1.78 bits per heavy atom. The van der Waals surface area contributed by atoms with Crippen molar-refractivity contribution in [3.63, 3.8) is 0 Å². The molecule has 27 heavy (non-hydrogen) atoms. The molecular formula is C19H24Cl2N4O2. The molecule has 3 rings (SSSR count). The predicted molar refractivity (Wildman–Crippen MR) is 111 cm³/mol. The second-order valence-corrected chi connectivity index (χ2v) is 5.93. The molecule has 1 heterocycles. The van der Waals surface area contributed by atoms with E-state index in [2.05, 4.69) is 5.32 Å². The van der Waals surface area contributed by atoms with Gasteiger partial charge in [0, 0.05) is 14.2 Å². The predicted octanol–water partition coefficient (Wildman–Crippen LogP) is 2.60. The van der Waals surface area contributed by atoms with Crippen LogP contribution in [0.4, 0.5) is 0 Å². The van der Waals surface area contributed by atoms with Gasteiger partial charge >= 0.3 is 0 Å². The number of rotatable bonds is 6. The number of nitrogens with two attached hydrogens (primary N) is 1. The van der Waals surface area contributed by atoms with Gasteiger partial charge in [0.15, 0.2) is 0 Å². The highest BCUT2D eigenvalue weighted by Crippen LogP contribution is 2.25. The number of carbonyl (C=O) groups is 1. The van der Waals surface area contributed by atoms with Crippen LogP contribution in [0.1, 0.15) is 17.4 Å². The lowest BCUT2D eigenvalue weighted by Crippen LogP contribution is -2.45. The van der Waals surface area contributed by atoms with Crippen molar-refractivity contribution < 1.29 is 9.53 Å². The van der Waals surface area contributed by atoms with Gasteiger partial charge in [-0.05, 0) is 17.7 Å². The van der Waals surface area contributed by atoms with E-state index in [4.69, 9.17) is 15.5 Å². The zero-order valence-corrected chi connectivity index (χ0v) is 16.8. The van der Waals surface area contributed by atoms with Crippen LogP contribution in [0.3, 0.4) is 0 Å². The first kappa shape index (κ1) is 22.9. The maximum atomic E-state index is 12.5. The highest BCUT2D eigenvalue weighted by atomic mass is 35.5. The number of carbonyl (C=O) groups excluding carboxylic acids is 1. The molecule has 0 bridgehead atoms. The van der Waals surface area contributed by atoms with Crippen LogP contribution in [-0.2, 0) is 16.6 Å². The summed E-state index contributed by atoms with van der Waals surface area (Å²) in [5.41, 5.74) is 8.72. The number of methoxy groups -OCH3 is 1. The van der Waals surface area contributed by atoms with E-state index >= 15 is 0 Å². The van der Waals surface area contributed by atoms with Gasteiger partial charge in [-0.15, -0.1) is 24.8 Å². The van der Waals surface area contributed by atoms with Gasteiger partial charge in [-0.25, -0.2) is 4.98 Å². The number of fused-ring (bicyclic) bond motifs is 1. The molecule has 1 amide bonds. The minimum Gasteiger partial charge on any atom is -0.383 e. The summed E-state index contributed by atoms with van der Waals surface area (Å²) in [6, 6.07) is 16.5. The van der Waals surface area contributed by atoms with E-state index in [-0.39, 0.29) is 37.3 Å². The molecule has 2 atom stereocenters. The van der Waals surface area contributed by atoms with Gasteiger partial charge in [0.1, 0.15) is 17.9 Å². The van der Waals surface area contributed by atoms with Gasteiger partial charge in [-0.3, -0.25) is 4.79 Å². The first-order chi connectivity index (χ1) is 12.1. The fraction of sp³-hybridized carbons (Fsp3) is 0.263. The fourth-order valence-electron chi connectivity index (χ4n) is 2.87. The van der Waals surface area contributed by atoms with Gasteiger partial charge in [0.2, 0.25) is 5.91 Å². The van der Waals surface area contributed by atoms with Crippen LogP contribution in [0.25, 0.3) is 11.0 Å². The number of ether oxygens (including phenoxy) is 1. The molecule has 2 unspecified atom stereocenters. The number of nitrogens with one attached hydrogen (secondary N) is 1. The number of hydrogen-bond acceptors (Lipinski definition) is 4. The Kier molecular flexibility index (Phi) is 8.72. The fourth-order valence-corrected chi connectivity index (χ4v) is 2.87. The molecule has 0 aliphatic carbocycles. The zero-order valence-electron chi connectivity index (χ0n) is 15.2. The number of benzene rings is 2. The van der Waals surface area contributed by atoms with Gasteiger partial charge in [0.05, 0.1) is 17.6 Å². The summed E-state index contributed by atoms with van der Waals surface area (Å²) in [5, 5.41) is 3.01. The van der Waals surface area contributed by atoms with E-state index in [1.807, 2.05) is 66.2 Å². The van der Waals surface area contributed by atoms with Gasteiger partial charge in [-0.1, -0.05) is 42.5 Å². The molecule has 0 aliphatic heterocycles. The highest BCUT2D eigenvalue weighted by molar-refractivity contribution is 5.85. The van der Waals surface area contributed by atoms with E-state index in [1.54, 1.807) is 0 Å². The number of aryl methyl sites for hydroxylation is 1. The summed E-state index contributed by atoms with van der Waals surface area (Å²) in [7, 11) is 3.47. The van der Waals surface area contributed by atoms with Crippen LogP contribution in [0.5, 0.6) is 0 Å². The van der Waals surface area contributed by atoms with E-state index in [1.165, 1.54) is 7.11 Å². The Hall–Kier alpha value is -2.12. The summed E-state index contributed by atoms with van der Waals surface area (Å²) in [4.78, 5) is 17.2. The zero-order chi connectivity index (χ0) is 17.8. The molecule has 2 aromatic carbocycles. The average molecular weight is 411 g/mol. The van der Waals surface area contributed by atoms with Crippen LogP contribution in [0, 0.1) is 0 Å². The molecule has 0 saturated carbocycles. The molecule has 0 radical (unpaired) electrons. The third-order valence-electron chi connectivity index (χ3n) is 4.18. The molecule has 8 heteroatoms. The van der Waals surface area contributed by atoms with Crippen molar-refractivity contribution in [1.29, 1.82) is 0 Å². The second-order valence-electron chi connectivity index (χ2n) is 5.93. The quantitative estimate of drug-likeness (QED) is 0.653. The van der Waals surface area contributed by atoms with Crippen molar-refractivity contribution in [2.45, 2.75) is 12.1 Å². The third-order valence-corrected chi connectivity index (χ3v) is 4.18. The molecule has 146 valence electrons. The third kappa shape index (κ3) is 4.99. The standard InChI is InChI=1S/C19H22N4O2.2ClH/c1-23-16-11-7-6-10-15(16)21-18(23)17(13-8-4-3-5-9-13)22-19(24)14(20)12-25-2;;/h3-11,14,17H,12,20H2,1-2H3,(H,22,24);2*1H. The lowest BCUT2D eigenvalue weighted by molar-refractivity contribution is -0.124. The first-order valence-corrected chi connectivity index (χ1v) is 8.13. The summed E-state index contributed by atoms with van der Waals surface area (Å²) < 4.78 is 6.98. The van der Waals surface area contributed by atoms with E-state index < -0.39 is 12.1 Å². The van der Waals surface area contributed by atoms with Gasteiger partial charge < -0.3 is 20.4 Å². The van der Waals surface area contributed by atoms with Crippen molar-refractivity contribution in [2.24, 2.45) is 12.8 Å². The summed E-state index contributed by atoms with van der Waals surface area (Å²) in [5.74, 6) is 0.480. The molecule has 3 aromatic rings. The minimum atomic E-state index is -0.731. The molecule has 0 saturated heterocycles. The van der Waals surface area contributed by atoms with E-state index in [9.17, 15) is 4.79 Å². The van der Waals surface area contributed by atoms with Crippen LogP contribution in [-0.4, -0.2) is 35.2 Å². The maximum Gasteiger partial charge on any atom is 0.240 e. The van der Waals surface area contributed by atoms with E-state index in [0.29, 0.717) is 0 Å². The topological polar surface area (TPSA) is 82.2 Å². The first-order valence-electron chi connectivity index (χ1n) is 8.13. The Morgan fingerprint density at radius 1 is 1.15 bits per heavy atom. The van der Waals surface area contributed by atoms with Gasteiger partial charge in [-0.2, -0.15) is 0 Å². The van der Waals surface area contributed by atoms with Crippen LogP contribution < -0.4 is 11.1 Å². The van der Waals surface area contributed by atoms with Crippen molar-refractivity contribution >= 4 is 41.8 Å². The number of nitrogens with zero attached hydrogens (tertiary/aromatic N) is 2. The number of aromatic nitrogens is 2. The Bertz CT molecular complexity index is 871. The molecule has 6 nitrogen and oxygen atoms in total. The van der Waals surface area contributed by atoms with Crippen molar-refractivity contribution in [1.82, 2.24) is 14.9 Å².